The van der Waals surface area contributed by atoms with Gasteiger partial charge in [-0.2, -0.15) is 10.2 Å². The van der Waals surface area contributed by atoms with Gasteiger partial charge in [0.1, 0.15) is 0 Å². The summed E-state index contributed by atoms with van der Waals surface area (Å²) in [5.41, 5.74) is 4.97. The van der Waals surface area contributed by atoms with Crippen LogP contribution >= 0.6 is 0 Å². The van der Waals surface area contributed by atoms with Crippen LogP contribution in [0.25, 0.3) is 10.9 Å². The molecule has 120 valence electrons. The molecule has 0 saturated heterocycles. The van der Waals surface area contributed by atoms with Crippen molar-refractivity contribution in [3.05, 3.63) is 41.3 Å². The minimum atomic E-state index is -0.234. The molecule has 0 atom stereocenters. The summed E-state index contributed by atoms with van der Waals surface area (Å²) in [5.74, 6) is 0. The lowest BCUT2D eigenvalue weighted by Gasteiger charge is -2.09. The standard InChI is InChI=1S/C16H20N6O/c1-10-11(2)21-22(12(10)3)7-6-17-16(23)19-14-5-4-13-9-18-20-15(13)8-14/h4-5,8-9H,6-7H2,1-3H3,(H,18,20)(H2,17,19,23). The molecule has 0 bridgehead atoms. The van der Waals surface area contributed by atoms with E-state index in [0.717, 1.165) is 28.0 Å². The first-order valence-electron chi connectivity index (χ1n) is 7.53. The lowest BCUT2D eigenvalue weighted by molar-refractivity contribution is 0.251. The molecule has 3 rings (SSSR count). The third-order valence-corrected chi connectivity index (χ3v) is 4.05. The van der Waals surface area contributed by atoms with Crippen LogP contribution in [0.15, 0.2) is 24.4 Å². The van der Waals surface area contributed by atoms with Crippen molar-refractivity contribution in [2.45, 2.75) is 27.3 Å². The van der Waals surface area contributed by atoms with E-state index in [1.807, 2.05) is 36.7 Å². The van der Waals surface area contributed by atoms with E-state index < -0.39 is 0 Å². The highest BCUT2D eigenvalue weighted by molar-refractivity contribution is 5.92. The van der Waals surface area contributed by atoms with Gasteiger partial charge in [0.2, 0.25) is 0 Å². The number of hydrogen-bond donors (Lipinski definition) is 3. The summed E-state index contributed by atoms with van der Waals surface area (Å²) in [6.07, 6.45) is 1.75. The molecule has 2 amide bonds. The van der Waals surface area contributed by atoms with Crippen LogP contribution in [0.3, 0.4) is 0 Å². The number of rotatable bonds is 4. The van der Waals surface area contributed by atoms with E-state index >= 15 is 0 Å². The topological polar surface area (TPSA) is 87.6 Å². The number of nitrogens with zero attached hydrogens (tertiary/aromatic N) is 3. The number of benzene rings is 1. The third-order valence-electron chi connectivity index (χ3n) is 4.05. The van der Waals surface area contributed by atoms with Gasteiger partial charge in [0.15, 0.2) is 0 Å². The van der Waals surface area contributed by atoms with Gasteiger partial charge in [-0.3, -0.25) is 9.78 Å². The summed E-state index contributed by atoms with van der Waals surface area (Å²) < 4.78 is 1.92. The fourth-order valence-electron chi connectivity index (χ4n) is 2.47. The van der Waals surface area contributed by atoms with E-state index in [1.165, 1.54) is 5.56 Å². The zero-order chi connectivity index (χ0) is 16.4. The molecule has 3 N–H and O–H groups in total. The maximum absolute atomic E-state index is 12.0. The van der Waals surface area contributed by atoms with Crippen LogP contribution in [0, 0.1) is 20.8 Å². The van der Waals surface area contributed by atoms with Crippen molar-refractivity contribution in [2.24, 2.45) is 0 Å². The quantitative estimate of drug-likeness (QED) is 0.691. The summed E-state index contributed by atoms with van der Waals surface area (Å²) >= 11 is 0. The molecule has 0 aliphatic heterocycles. The van der Waals surface area contributed by atoms with Gasteiger partial charge < -0.3 is 10.6 Å². The van der Waals surface area contributed by atoms with Crippen LogP contribution in [-0.4, -0.2) is 32.6 Å². The minimum absolute atomic E-state index is 0.234. The summed E-state index contributed by atoms with van der Waals surface area (Å²) in [6.45, 7) is 7.24. The highest BCUT2D eigenvalue weighted by atomic mass is 16.2. The van der Waals surface area contributed by atoms with E-state index in [4.69, 9.17) is 0 Å². The Bertz CT molecular complexity index is 847. The summed E-state index contributed by atoms with van der Waals surface area (Å²) in [6, 6.07) is 5.38. The van der Waals surface area contributed by atoms with Crippen molar-refractivity contribution < 1.29 is 4.79 Å². The van der Waals surface area contributed by atoms with E-state index in [0.29, 0.717) is 13.1 Å². The molecule has 0 radical (unpaired) electrons. The number of carbonyl (C=O) groups excluding carboxylic acids is 1. The normalized spacial score (nSPS) is 10.9. The summed E-state index contributed by atoms with van der Waals surface area (Å²) in [5, 5.41) is 18.0. The molecule has 0 saturated carbocycles. The molecule has 2 heterocycles. The predicted molar refractivity (Wildman–Crippen MR) is 89.6 cm³/mol. The Hall–Kier alpha value is -2.83. The average Bonchev–Trinajstić information content (AvgIpc) is 3.08. The smallest absolute Gasteiger partial charge is 0.319 e. The Labute approximate surface area is 134 Å². The fraction of sp³-hybridized carbons (Fsp3) is 0.312. The second kappa shape index (κ2) is 6.12. The lowest BCUT2D eigenvalue weighted by atomic mass is 10.2. The molecule has 0 fully saturated rings. The molecule has 1 aromatic carbocycles. The second-order valence-corrected chi connectivity index (χ2v) is 5.57. The third kappa shape index (κ3) is 3.18. The van der Waals surface area contributed by atoms with Crippen LogP contribution in [-0.2, 0) is 6.54 Å². The van der Waals surface area contributed by atoms with Crippen molar-refractivity contribution in [2.75, 3.05) is 11.9 Å². The molecule has 3 aromatic rings. The van der Waals surface area contributed by atoms with Gasteiger partial charge in [-0.25, -0.2) is 4.79 Å². The van der Waals surface area contributed by atoms with Crippen LogP contribution in [0.4, 0.5) is 10.5 Å². The zero-order valence-electron chi connectivity index (χ0n) is 13.5. The molecule has 0 aliphatic rings. The van der Waals surface area contributed by atoms with Crippen molar-refractivity contribution in [1.82, 2.24) is 25.3 Å². The number of fused-ring (bicyclic) bond motifs is 1. The number of hydrogen-bond acceptors (Lipinski definition) is 3. The van der Waals surface area contributed by atoms with E-state index in [2.05, 4.69) is 32.9 Å². The minimum Gasteiger partial charge on any atom is -0.336 e. The number of aromatic nitrogens is 4. The van der Waals surface area contributed by atoms with Gasteiger partial charge in [0, 0.05) is 23.3 Å². The maximum atomic E-state index is 12.0. The highest BCUT2D eigenvalue weighted by Crippen LogP contribution is 2.16. The Morgan fingerprint density at radius 3 is 2.87 bits per heavy atom. The van der Waals surface area contributed by atoms with Crippen LogP contribution < -0.4 is 10.6 Å². The largest absolute Gasteiger partial charge is 0.336 e. The van der Waals surface area contributed by atoms with Crippen LogP contribution in [0.2, 0.25) is 0 Å². The van der Waals surface area contributed by atoms with Crippen LogP contribution in [0.5, 0.6) is 0 Å². The number of urea groups is 1. The molecule has 0 aliphatic carbocycles. The van der Waals surface area contributed by atoms with Gasteiger partial charge >= 0.3 is 6.03 Å². The Kier molecular flexibility index (Phi) is 4.01. The van der Waals surface area contributed by atoms with Crippen molar-refractivity contribution in [3.8, 4) is 0 Å². The van der Waals surface area contributed by atoms with Crippen LogP contribution in [0.1, 0.15) is 17.0 Å². The van der Waals surface area contributed by atoms with Gasteiger partial charge in [-0.1, -0.05) is 0 Å². The maximum Gasteiger partial charge on any atom is 0.319 e. The molecule has 7 nitrogen and oxygen atoms in total. The molecule has 23 heavy (non-hydrogen) atoms. The molecule has 7 heteroatoms. The van der Waals surface area contributed by atoms with E-state index in [9.17, 15) is 4.79 Å². The first-order chi connectivity index (χ1) is 11.0. The summed E-state index contributed by atoms with van der Waals surface area (Å²) in [4.78, 5) is 12.0. The first-order valence-corrected chi connectivity index (χ1v) is 7.53. The van der Waals surface area contributed by atoms with Gasteiger partial charge in [0.25, 0.3) is 0 Å². The number of nitrogens with one attached hydrogen (secondary N) is 3. The average molecular weight is 312 g/mol. The molecular weight excluding hydrogens is 292 g/mol. The van der Waals surface area contributed by atoms with Gasteiger partial charge in [0.05, 0.1) is 24.0 Å². The Morgan fingerprint density at radius 2 is 2.13 bits per heavy atom. The molecule has 2 aromatic heterocycles. The summed E-state index contributed by atoms with van der Waals surface area (Å²) in [7, 11) is 0. The van der Waals surface area contributed by atoms with Gasteiger partial charge in [-0.05, 0) is 44.5 Å². The number of amides is 2. The Balaban J connectivity index is 1.54. The number of anilines is 1. The fourth-order valence-corrected chi connectivity index (χ4v) is 2.47. The molecule has 0 spiro atoms. The number of H-pyrrole nitrogens is 1. The van der Waals surface area contributed by atoms with E-state index in [-0.39, 0.29) is 6.03 Å². The van der Waals surface area contributed by atoms with Crippen molar-refractivity contribution in [1.29, 1.82) is 0 Å². The SMILES string of the molecule is Cc1nn(CCNC(=O)Nc2ccc3cn[nH]c3c2)c(C)c1C. The Morgan fingerprint density at radius 1 is 1.30 bits per heavy atom. The highest BCUT2D eigenvalue weighted by Gasteiger charge is 2.07. The molecular formula is C16H20N6O. The predicted octanol–water partition coefficient (Wildman–Crippen LogP) is 2.51. The lowest BCUT2D eigenvalue weighted by Crippen LogP contribution is -2.31. The van der Waals surface area contributed by atoms with Gasteiger partial charge in [-0.15, -0.1) is 0 Å². The zero-order valence-corrected chi connectivity index (χ0v) is 13.5. The van der Waals surface area contributed by atoms with E-state index in [1.54, 1.807) is 6.20 Å². The number of aromatic amines is 1. The first kappa shape index (κ1) is 15.1. The number of aryl methyl sites for hydroxylation is 1. The van der Waals surface area contributed by atoms with Crippen molar-refractivity contribution >= 4 is 22.6 Å². The monoisotopic (exact) mass is 312 g/mol. The second-order valence-electron chi connectivity index (χ2n) is 5.57. The van der Waals surface area contributed by atoms with Crippen molar-refractivity contribution in [3.63, 3.8) is 0 Å². The molecule has 0 unspecified atom stereocenters. The number of carbonyl (C=O) groups is 1.